The first kappa shape index (κ1) is 21.2. The molecule has 2 saturated carbocycles. The van der Waals surface area contributed by atoms with Crippen molar-refractivity contribution in [1.29, 1.82) is 0 Å². The molecule has 3 fully saturated rings. The minimum absolute atomic E-state index is 0.0189. The van der Waals surface area contributed by atoms with Crippen LogP contribution in [0.15, 0.2) is 68.5 Å². The molecule has 35 heavy (non-hydrogen) atoms. The molecule has 6 nitrogen and oxygen atoms in total. The van der Waals surface area contributed by atoms with E-state index >= 15 is 4.39 Å². The number of carbonyl (C=O) groups is 2. The summed E-state index contributed by atoms with van der Waals surface area (Å²) in [6.07, 6.45) is 17.2. The third kappa shape index (κ3) is 3.58. The van der Waals surface area contributed by atoms with Crippen molar-refractivity contribution in [3.05, 3.63) is 58.5 Å². The normalized spacial score (nSPS) is 29.1. The molecule has 7 rings (SSSR count). The van der Waals surface area contributed by atoms with E-state index in [1.54, 1.807) is 11.0 Å². The maximum atomic E-state index is 15.6. The van der Waals surface area contributed by atoms with Gasteiger partial charge >= 0.3 is 0 Å². The molecule has 2 amide bonds. The highest BCUT2D eigenvalue weighted by atomic mass is 19.1. The molecule has 0 aromatic carbocycles. The van der Waals surface area contributed by atoms with E-state index in [1.165, 1.54) is 5.57 Å². The van der Waals surface area contributed by atoms with Gasteiger partial charge < -0.3 is 4.90 Å². The van der Waals surface area contributed by atoms with E-state index in [0.29, 0.717) is 37.5 Å². The number of dihydropyridines is 1. The molecule has 1 atom stereocenters. The second-order valence-corrected chi connectivity index (χ2v) is 11.0. The summed E-state index contributed by atoms with van der Waals surface area (Å²) in [7, 11) is 0. The molecule has 3 aliphatic heterocycles. The molecular formula is C28H29FN4O2. The van der Waals surface area contributed by atoms with Crippen molar-refractivity contribution >= 4 is 23.9 Å². The molecule has 0 radical (unpaired) electrons. The molecule has 1 saturated heterocycles. The Morgan fingerprint density at radius 2 is 1.97 bits per heavy atom. The molecule has 0 aromatic heterocycles. The fourth-order valence-corrected chi connectivity index (χ4v) is 5.93. The number of fused-ring (bicyclic) bond motifs is 1. The lowest BCUT2D eigenvalue weighted by atomic mass is 9.84. The molecule has 0 N–H and O–H groups in total. The van der Waals surface area contributed by atoms with Gasteiger partial charge in [0.05, 0.1) is 6.04 Å². The highest BCUT2D eigenvalue weighted by molar-refractivity contribution is 6.16. The van der Waals surface area contributed by atoms with Crippen molar-refractivity contribution in [1.82, 2.24) is 9.80 Å². The average molecular weight is 473 g/mol. The van der Waals surface area contributed by atoms with Crippen LogP contribution in [0, 0.1) is 11.8 Å². The smallest absolute Gasteiger partial charge is 0.256 e. The monoisotopic (exact) mass is 472 g/mol. The molecular weight excluding hydrogens is 443 g/mol. The van der Waals surface area contributed by atoms with Crippen molar-refractivity contribution in [2.75, 3.05) is 19.6 Å². The highest BCUT2D eigenvalue weighted by Gasteiger charge is 2.58. The van der Waals surface area contributed by atoms with Crippen LogP contribution in [0.2, 0.25) is 0 Å². The first-order chi connectivity index (χ1) is 17.0. The van der Waals surface area contributed by atoms with Gasteiger partial charge in [-0.2, -0.15) is 0 Å². The van der Waals surface area contributed by atoms with E-state index in [0.717, 1.165) is 49.7 Å². The lowest BCUT2D eigenvalue weighted by Gasteiger charge is -2.41. The van der Waals surface area contributed by atoms with Gasteiger partial charge in [-0.05, 0) is 73.8 Å². The average Bonchev–Trinajstić information content (AvgIpc) is 3.76. The van der Waals surface area contributed by atoms with Crippen molar-refractivity contribution < 1.29 is 14.0 Å². The predicted octanol–water partition coefficient (Wildman–Crippen LogP) is 3.84. The van der Waals surface area contributed by atoms with Gasteiger partial charge in [-0.25, -0.2) is 4.39 Å². The highest BCUT2D eigenvalue weighted by Crippen LogP contribution is 2.48. The third-order valence-electron chi connectivity index (χ3n) is 8.41. The van der Waals surface area contributed by atoms with Gasteiger partial charge in [0.15, 0.2) is 0 Å². The van der Waals surface area contributed by atoms with E-state index in [-0.39, 0.29) is 35.5 Å². The molecule has 4 aliphatic carbocycles. The first-order valence-corrected chi connectivity index (χ1v) is 12.9. The number of allylic oxidation sites excluding steroid dienone is 6. The number of likely N-dealkylation sites (tertiary alicyclic amines) is 1. The van der Waals surface area contributed by atoms with Crippen LogP contribution < -0.4 is 0 Å². The lowest BCUT2D eigenvalue weighted by Crippen LogP contribution is -2.55. The van der Waals surface area contributed by atoms with Crippen LogP contribution in [0.4, 0.5) is 4.39 Å². The standard InChI is InChI=1S/C28H29FN4O2/c29-23-12-20(21-6-3-18-2-1-11-30-24(18)13-21)7-8-22(23)25-31-28(9-10-28)27(35)33(25)16-17-14-32(15-17)26(34)19-4-5-19/h1-3,6,11-12,17,19,24H,4-5,7-10,13-16H2. The Kier molecular flexibility index (Phi) is 4.67. The summed E-state index contributed by atoms with van der Waals surface area (Å²) in [5, 5.41) is 0. The molecule has 3 heterocycles. The zero-order valence-corrected chi connectivity index (χ0v) is 19.8. The number of hydrogen-bond donors (Lipinski definition) is 0. The van der Waals surface area contributed by atoms with Crippen molar-refractivity contribution in [3.63, 3.8) is 0 Å². The maximum absolute atomic E-state index is 15.6. The number of rotatable bonds is 5. The fraction of sp³-hybridized carbons (Fsp3) is 0.500. The molecule has 1 unspecified atom stereocenters. The molecule has 7 aliphatic rings. The number of amidine groups is 1. The van der Waals surface area contributed by atoms with Crippen LogP contribution in [0.25, 0.3) is 0 Å². The van der Waals surface area contributed by atoms with Crippen molar-refractivity contribution in [3.8, 4) is 0 Å². The summed E-state index contributed by atoms with van der Waals surface area (Å²) in [4.78, 5) is 38.5. The molecule has 180 valence electrons. The van der Waals surface area contributed by atoms with Crippen molar-refractivity contribution in [2.45, 2.75) is 56.5 Å². The zero-order valence-electron chi connectivity index (χ0n) is 19.8. The summed E-state index contributed by atoms with van der Waals surface area (Å²) < 4.78 is 15.6. The van der Waals surface area contributed by atoms with Crippen molar-refractivity contribution in [2.24, 2.45) is 21.8 Å². The molecule has 7 heteroatoms. The van der Waals surface area contributed by atoms with Crippen LogP contribution in [0.1, 0.15) is 44.9 Å². The van der Waals surface area contributed by atoms with E-state index < -0.39 is 5.54 Å². The summed E-state index contributed by atoms with van der Waals surface area (Å²) in [6.45, 7) is 1.90. The Hall–Kier alpha value is -3.09. The molecule has 0 aromatic rings. The number of aliphatic imine (C=N–C) groups is 2. The molecule has 0 bridgehead atoms. The number of amides is 2. The van der Waals surface area contributed by atoms with Crippen LogP contribution in [-0.4, -0.2) is 64.9 Å². The Balaban J connectivity index is 1.10. The summed E-state index contributed by atoms with van der Waals surface area (Å²) in [5.41, 5.74) is 3.25. The first-order valence-electron chi connectivity index (χ1n) is 12.9. The summed E-state index contributed by atoms with van der Waals surface area (Å²) in [5.74, 6) is 0.995. The van der Waals surface area contributed by atoms with E-state index in [9.17, 15) is 9.59 Å². The minimum Gasteiger partial charge on any atom is -0.342 e. The Labute approximate surface area is 204 Å². The Morgan fingerprint density at radius 3 is 2.71 bits per heavy atom. The number of hydrogen-bond acceptors (Lipinski definition) is 4. The van der Waals surface area contributed by atoms with E-state index in [2.05, 4.69) is 23.2 Å². The number of halogens is 1. The van der Waals surface area contributed by atoms with Crippen LogP contribution in [0.5, 0.6) is 0 Å². The van der Waals surface area contributed by atoms with Crippen LogP contribution in [-0.2, 0) is 9.59 Å². The SMILES string of the molecule is O=C(C1CC1)N1CC(CN2C(=O)C3(CC3)N=C2C2=C(F)C=C(C3=CC=C4C=CC=NC4C3)CC2)C1. The van der Waals surface area contributed by atoms with Crippen LogP contribution >= 0.6 is 0 Å². The van der Waals surface area contributed by atoms with Crippen LogP contribution in [0.3, 0.4) is 0 Å². The maximum Gasteiger partial charge on any atom is 0.256 e. The number of nitrogens with zero attached hydrogens (tertiary/aromatic N) is 4. The largest absolute Gasteiger partial charge is 0.342 e. The minimum atomic E-state index is -0.653. The second-order valence-electron chi connectivity index (χ2n) is 11.0. The van der Waals surface area contributed by atoms with Gasteiger partial charge in [-0.1, -0.05) is 18.2 Å². The van der Waals surface area contributed by atoms with Gasteiger partial charge in [0.1, 0.15) is 17.2 Å². The van der Waals surface area contributed by atoms with Gasteiger partial charge in [0.2, 0.25) is 5.91 Å². The Bertz CT molecular complexity index is 1240. The number of carbonyl (C=O) groups excluding carboxylic acids is 2. The topological polar surface area (TPSA) is 65.3 Å². The van der Waals surface area contributed by atoms with Gasteiger partial charge in [0, 0.05) is 43.3 Å². The van der Waals surface area contributed by atoms with Gasteiger partial charge in [-0.3, -0.25) is 24.5 Å². The fourth-order valence-electron chi connectivity index (χ4n) is 5.93. The van der Waals surface area contributed by atoms with Gasteiger partial charge in [0.25, 0.3) is 5.91 Å². The quantitative estimate of drug-likeness (QED) is 0.610. The summed E-state index contributed by atoms with van der Waals surface area (Å²) in [6, 6.07) is 0.116. The molecule has 1 spiro atoms. The van der Waals surface area contributed by atoms with Gasteiger partial charge in [-0.15, -0.1) is 0 Å². The second kappa shape index (κ2) is 7.70. The lowest BCUT2D eigenvalue weighted by molar-refractivity contribution is -0.139. The van der Waals surface area contributed by atoms with E-state index in [4.69, 9.17) is 4.99 Å². The third-order valence-corrected chi connectivity index (χ3v) is 8.41. The predicted molar refractivity (Wildman–Crippen MR) is 132 cm³/mol. The van der Waals surface area contributed by atoms with E-state index in [1.807, 2.05) is 17.2 Å². The summed E-state index contributed by atoms with van der Waals surface area (Å²) >= 11 is 0. The Morgan fingerprint density at radius 1 is 1.14 bits per heavy atom. The zero-order chi connectivity index (χ0) is 23.7.